The second kappa shape index (κ2) is 12.5. The summed E-state index contributed by atoms with van der Waals surface area (Å²) in [5.74, 6) is 1.16. The molecule has 6 nitrogen and oxygen atoms in total. The van der Waals surface area contributed by atoms with E-state index in [0.29, 0.717) is 17.1 Å². The maximum absolute atomic E-state index is 14.5. The van der Waals surface area contributed by atoms with Crippen LogP contribution in [0.2, 0.25) is 0 Å². The van der Waals surface area contributed by atoms with Crippen LogP contribution in [0.4, 0.5) is 5.69 Å². The third-order valence-corrected chi connectivity index (χ3v) is 8.84. The lowest BCUT2D eigenvalue weighted by Crippen LogP contribution is -2.46. The first kappa shape index (κ1) is 28.8. The van der Waals surface area contributed by atoms with Gasteiger partial charge in [-0.25, -0.2) is 0 Å². The second-order valence-electron chi connectivity index (χ2n) is 11.8. The quantitative estimate of drug-likeness (QED) is 0.159. The van der Waals surface area contributed by atoms with Crippen molar-refractivity contribution in [2.24, 2.45) is 0 Å². The fourth-order valence-corrected chi connectivity index (χ4v) is 6.82. The molecule has 0 bridgehead atoms. The first-order valence-electron chi connectivity index (χ1n) is 15.3. The number of nitrogens with zero attached hydrogens (tertiary/aromatic N) is 3. The second-order valence-corrected chi connectivity index (χ2v) is 11.8. The smallest absolute Gasteiger partial charge is 0.258 e. The molecule has 1 aliphatic heterocycles. The Morgan fingerprint density at radius 1 is 0.791 bits per heavy atom. The van der Waals surface area contributed by atoms with Crippen LogP contribution in [0.3, 0.4) is 0 Å². The van der Waals surface area contributed by atoms with Crippen molar-refractivity contribution < 1.29 is 14.3 Å². The Morgan fingerprint density at radius 2 is 1.44 bits per heavy atom. The predicted octanol–water partition coefficient (Wildman–Crippen LogP) is 7.94. The van der Waals surface area contributed by atoms with Crippen LogP contribution in [0.25, 0.3) is 21.8 Å². The molecule has 6 heteroatoms. The Hall–Kier alpha value is -4.29. The Morgan fingerprint density at radius 3 is 2.12 bits per heavy atom. The summed E-state index contributed by atoms with van der Waals surface area (Å²) in [6.07, 6.45) is 5.13. The highest BCUT2D eigenvalue weighted by Gasteiger charge is 2.38. The van der Waals surface area contributed by atoms with Gasteiger partial charge >= 0.3 is 0 Å². The number of amides is 1. The van der Waals surface area contributed by atoms with E-state index in [2.05, 4.69) is 101 Å². The van der Waals surface area contributed by atoms with Crippen molar-refractivity contribution in [3.63, 3.8) is 0 Å². The van der Waals surface area contributed by atoms with Gasteiger partial charge in [-0.2, -0.15) is 0 Å². The third kappa shape index (κ3) is 5.48. The molecule has 2 heterocycles. The molecule has 5 aromatic rings. The molecule has 0 radical (unpaired) electrons. The van der Waals surface area contributed by atoms with E-state index in [1.54, 1.807) is 20.3 Å². The minimum atomic E-state index is -0.00707. The number of hydrogen-bond donors (Lipinski definition) is 0. The Bertz CT molecular complexity index is 1690. The largest absolute Gasteiger partial charge is 0.493 e. The zero-order chi connectivity index (χ0) is 29.9. The van der Waals surface area contributed by atoms with Crippen molar-refractivity contribution in [1.82, 2.24) is 9.47 Å². The Labute approximate surface area is 254 Å². The van der Waals surface area contributed by atoms with Gasteiger partial charge in [0.2, 0.25) is 0 Å². The SMILES string of the molecule is COc1ccc(C(=O)N2c3ccccc3C(n3c4ccccc4c4ccccc43)CC2CCCCCN(C)C)cc1OC. The van der Waals surface area contributed by atoms with Crippen molar-refractivity contribution >= 4 is 33.4 Å². The summed E-state index contributed by atoms with van der Waals surface area (Å²) in [7, 11) is 7.46. The Balaban J connectivity index is 1.45. The molecule has 43 heavy (non-hydrogen) atoms. The molecule has 222 valence electrons. The summed E-state index contributed by atoms with van der Waals surface area (Å²) < 4.78 is 13.5. The first-order valence-corrected chi connectivity index (χ1v) is 15.3. The lowest BCUT2D eigenvalue weighted by molar-refractivity contribution is 0.0968. The molecule has 0 aliphatic carbocycles. The standard InChI is InChI=1S/C37H41N3O3/c1-38(2)23-13-5-6-14-27-25-34(40-31-18-10-7-15-28(31)29-16-8-11-19-32(29)40)30-17-9-12-20-33(30)39(27)37(41)26-21-22-35(42-3)36(24-26)43-4/h7-12,15-22,24,27,34H,5-6,13-14,23,25H2,1-4H3. The van der Waals surface area contributed by atoms with Crippen molar-refractivity contribution in [2.75, 3.05) is 39.8 Å². The van der Waals surface area contributed by atoms with Crippen LogP contribution < -0.4 is 14.4 Å². The highest BCUT2D eigenvalue weighted by Crippen LogP contribution is 2.45. The normalized spacial score (nSPS) is 16.5. The number of anilines is 1. The van der Waals surface area contributed by atoms with Gasteiger partial charge in [-0.1, -0.05) is 67.4 Å². The molecule has 0 saturated carbocycles. The van der Waals surface area contributed by atoms with Crippen molar-refractivity contribution in [1.29, 1.82) is 0 Å². The molecule has 1 aliphatic rings. The molecule has 2 unspecified atom stereocenters. The summed E-state index contributed by atoms with van der Waals surface area (Å²) in [6, 6.07) is 31.5. The van der Waals surface area contributed by atoms with E-state index in [4.69, 9.17) is 9.47 Å². The average Bonchev–Trinajstić information content (AvgIpc) is 3.37. The van der Waals surface area contributed by atoms with Gasteiger partial charge < -0.3 is 23.8 Å². The maximum atomic E-state index is 14.5. The molecule has 0 saturated heterocycles. The van der Waals surface area contributed by atoms with Gasteiger partial charge in [0.15, 0.2) is 11.5 Å². The predicted molar refractivity (Wildman–Crippen MR) is 176 cm³/mol. The molecule has 2 atom stereocenters. The number of carbonyl (C=O) groups excluding carboxylic acids is 1. The maximum Gasteiger partial charge on any atom is 0.258 e. The molecule has 6 rings (SSSR count). The van der Waals surface area contributed by atoms with E-state index in [1.807, 2.05) is 12.1 Å². The first-order chi connectivity index (χ1) is 21.0. The molecule has 4 aromatic carbocycles. The fourth-order valence-electron chi connectivity index (χ4n) is 6.82. The third-order valence-electron chi connectivity index (χ3n) is 8.84. The van der Waals surface area contributed by atoms with E-state index in [0.717, 1.165) is 44.3 Å². The highest BCUT2D eigenvalue weighted by atomic mass is 16.5. The fraction of sp³-hybridized carbons (Fsp3) is 0.324. The number of fused-ring (bicyclic) bond motifs is 4. The van der Waals surface area contributed by atoms with Crippen LogP contribution in [0, 0.1) is 0 Å². The number of aromatic nitrogens is 1. The Kier molecular flexibility index (Phi) is 8.39. The summed E-state index contributed by atoms with van der Waals surface area (Å²) in [6.45, 7) is 1.08. The van der Waals surface area contributed by atoms with Crippen molar-refractivity contribution in [2.45, 2.75) is 44.2 Å². The average molecular weight is 576 g/mol. The number of rotatable bonds is 10. The number of methoxy groups -OCH3 is 2. The van der Waals surface area contributed by atoms with E-state index in [-0.39, 0.29) is 18.0 Å². The molecule has 0 N–H and O–H groups in total. The number of benzene rings is 4. The minimum absolute atomic E-state index is 0.00707. The zero-order valence-electron chi connectivity index (χ0n) is 25.6. The van der Waals surface area contributed by atoms with E-state index in [9.17, 15) is 4.79 Å². The van der Waals surface area contributed by atoms with E-state index >= 15 is 0 Å². The van der Waals surface area contributed by atoms with Gasteiger partial charge in [0.1, 0.15) is 0 Å². The van der Waals surface area contributed by atoms with Crippen molar-refractivity contribution in [3.8, 4) is 11.5 Å². The lowest BCUT2D eigenvalue weighted by Gasteiger charge is -2.42. The molecule has 1 amide bonds. The van der Waals surface area contributed by atoms with Gasteiger partial charge in [-0.05, 0) is 81.9 Å². The minimum Gasteiger partial charge on any atom is -0.493 e. The molecule has 0 fully saturated rings. The van der Waals surface area contributed by atoms with Crippen LogP contribution in [0.5, 0.6) is 11.5 Å². The number of para-hydroxylation sites is 3. The molecule has 1 aromatic heterocycles. The molecular formula is C37H41N3O3. The van der Waals surface area contributed by atoms with Crippen LogP contribution in [0.15, 0.2) is 91.0 Å². The van der Waals surface area contributed by atoms with Gasteiger partial charge in [0.05, 0.1) is 20.3 Å². The van der Waals surface area contributed by atoms with E-state index in [1.165, 1.54) is 27.4 Å². The lowest BCUT2D eigenvalue weighted by atomic mass is 9.87. The number of carbonyl (C=O) groups is 1. The van der Waals surface area contributed by atoms with Crippen LogP contribution in [-0.2, 0) is 0 Å². The van der Waals surface area contributed by atoms with Crippen LogP contribution in [-0.4, -0.2) is 56.3 Å². The van der Waals surface area contributed by atoms with Gasteiger partial charge in [0.25, 0.3) is 5.91 Å². The summed E-state index contributed by atoms with van der Waals surface area (Å²) in [5, 5.41) is 2.53. The highest BCUT2D eigenvalue weighted by molar-refractivity contribution is 6.09. The van der Waals surface area contributed by atoms with Crippen LogP contribution in [0.1, 0.15) is 54.1 Å². The summed E-state index contributed by atoms with van der Waals surface area (Å²) in [5.41, 5.74) is 5.21. The zero-order valence-corrected chi connectivity index (χ0v) is 25.6. The monoisotopic (exact) mass is 575 g/mol. The molecular weight excluding hydrogens is 534 g/mol. The number of ether oxygens (including phenoxy) is 2. The molecule has 0 spiro atoms. The van der Waals surface area contributed by atoms with Crippen LogP contribution >= 0.6 is 0 Å². The van der Waals surface area contributed by atoms with E-state index < -0.39 is 0 Å². The summed E-state index contributed by atoms with van der Waals surface area (Å²) >= 11 is 0. The van der Waals surface area contributed by atoms with Gasteiger partial charge in [-0.15, -0.1) is 0 Å². The number of unbranched alkanes of at least 4 members (excludes halogenated alkanes) is 2. The van der Waals surface area contributed by atoms with Crippen molar-refractivity contribution in [3.05, 3.63) is 102 Å². The van der Waals surface area contributed by atoms with Gasteiger partial charge in [0, 0.05) is 39.1 Å². The summed E-state index contributed by atoms with van der Waals surface area (Å²) in [4.78, 5) is 18.8. The van der Waals surface area contributed by atoms with Gasteiger partial charge in [-0.3, -0.25) is 4.79 Å². The number of hydrogen-bond acceptors (Lipinski definition) is 4. The topological polar surface area (TPSA) is 46.9 Å².